The van der Waals surface area contributed by atoms with Gasteiger partial charge in [-0.25, -0.2) is 0 Å². The second-order valence-electron chi connectivity index (χ2n) is 11.7. The number of anilines is 1. The highest BCUT2D eigenvalue weighted by atomic mass is 35.5. The van der Waals surface area contributed by atoms with Gasteiger partial charge in [-0.05, 0) is 36.5 Å². The molecule has 0 radical (unpaired) electrons. The van der Waals surface area contributed by atoms with E-state index in [9.17, 15) is 14.7 Å². The molecule has 2 bridgehead atoms. The van der Waals surface area contributed by atoms with Gasteiger partial charge in [0.1, 0.15) is 6.04 Å². The number of carbonyl (C=O) groups is 3. The molecule has 3 fully saturated rings. The molecule has 3 aliphatic heterocycles. The molecule has 1 N–H and O–H groups in total. The lowest BCUT2D eigenvalue weighted by Crippen LogP contribution is -2.58. The van der Waals surface area contributed by atoms with Crippen LogP contribution in [0.3, 0.4) is 0 Å². The van der Waals surface area contributed by atoms with Crippen LogP contribution in [0.4, 0.5) is 5.69 Å². The molecule has 43 heavy (non-hydrogen) atoms. The maximum Gasteiger partial charge on any atom is 0.251 e. The van der Waals surface area contributed by atoms with E-state index < -0.39 is 28.7 Å². The van der Waals surface area contributed by atoms with Crippen molar-refractivity contribution in [3.63, 3.8) is 0 Å². The summed E-state index contributed by atoms with van der Waals surface area (Å²) in [5.74, 6) is -1.90. The summed E-state index contributed by atoms with van der Waals surface area (Å²) >= 11 is 8.25. The zero-order chi connectivity index (χ0) is 30.9. The van der Waals surface area contributed by atoms with Gasteiger partial charge in [-0.2, -0.15) is 0 Å². The van der Waals surface area contributed by atoms with Crippen LogP contribution in [0.2, 0.25) is 5.02 Å². The summed E-state index contributed by atoms with van der Waals surface area (Å²) in [6.45, 7) is 12.6. The molecule has 228 valence electrons. The van der Waals surface area contributed by atoms with E-state index in [0.29, 0.717) is 23.8 Å². The molecule has 3 amide bonds. The van der Waals surface area contributed by atoms with Crippen LogP contribution in [-0.2, 0) is 14.4 Å². The van der Waals surface area contributed by atoms with E-state index >= 15 is 4.79 Å². The normalized spacial score (nSPS) is 28.0. The molecule has 2 aromatic rings. The number of hydrogen-bond acceptors (Lipinski definition) is 5. The number of amides is 3. The van der Waals surface area contributed by atoms with Gasteiger partial charge >= 0.3 is 0 Å². The Labute approximate surface area is 263 Å². The molecule has 1 spiro atoms. The fraction of sp³-hybridized carbons (Fsp3) is 0.441. The lowest BCUT2D eigenvalue weighted by atomic mass is 9.65. The quantitative estimate of drug-likeness (QED) is 0.323. The summed E-state index contributed by atoms with van der Waals surface area (Å²) in [6.07, 6.45) is 4.87. The molecule has 5 rings (SSSR count). The third kappa shape index (κ3) is 5.11. The van der Waals surface area contributed by atoms with Crippen molar-refractivity contribution in [3.05, 3.63) is 90.5 Å². The van der Waals surface area contributed by atoms with E-state index in [-0.39, 0.29) is 42.0 Å². The second kappa shape index (κ2) is 12.9. The third-order valence-electron chi connectivity index (χ3n) is 9.27. The first kappa shape index (κ1) is 31.4. The van der Waals surface area contributed by atoms with Gasteiger partial charge in [-0.15, -0.1) is 24.9 Å². The van der Waals surface area contributed by atoms with Crippen molar-refractivity contribution < 1.29 is 19.5 Å². The number of thioether (sulfide) groups is 1. The predicted molar refractivity (Wildman–Crippen MR) is 173 cm³/mol. The van der Waals surface area contributed by atoms with Crippen LogP contribution in [0.5, 0.6) is 0 Å². The number of rotatable bonds is 12. The highest BCUT2D eigenvalue weighted by molar-refractivity contribution is 8.02. The molecule has 0 aliphatic carbocycles. The van der Waals surface area contributed by atoms with Gasteiger partial charge in [-0.1, -0.05) is 80.1 Å². The fourth-order valence-corrected chi connectivity index (χ4v) is 10.2. The van der Waals surface area contributed by atoms with Crippen molar-refractivity contribution in [2.45, 2.75) is 48.8 Å². The minimum absolute atomic E-state index is 0.0228. The molecule has 3 aliphatic rings. The smallest absolute Gasteiger partial charge is 0.251 e. The number of carbonyl (C=O) groups excluding carboxylic acids is 3. The standard InChI is InChI=1S/C34H40ClN3O4S/c1-5-17-36(18-6-2)31(40)28-27-20-22(4)34(43-27)29(28)32(41)38(26(21-39)23-13-9-8-10-14-23)30(34)33(42)37(19-7-3)25-16-12-11-15-24(25)35/h5,7-16,22,26-30,39H,1,3,6,17-21H2,2,4H3/t22?,26-,27+,28-,29+,30?,34?/m1/s1. The first-order chi connectivity index (χ1) is 20.8. The largest absolute Gasteiger partial charge is 0.394 e. The van der Waals surface area contributed by atoms with Crippen molar-refractivity contribution in [1.82, 2.24) is 9.80 Å². The number of likely N-dealkylation sites (tertiary alicyclic amines) is 1. The van der Waals surface area contributed by atoms with Crippen LogP contribution < -0.4 is 4.90 Å². The number of fused-ring (bicyclic) bond motifs is 1. The highest BCUT2D eigenvalue weighted by Crippen LogP contribution is 2.69. The molecular formula is C34H40ClN3O4S. The van der Waals surface area contributed by atoms with Crippen molar-refractivity contribution in [3.8, 4) is 0 Å². The summed E-state index contributed by atoms with van der Waals surface area (Å²) in [5, 5.41) is 11.1. The van der Waals surface area contributed by atoms with Gasteiger partial charge in [0.15, 0.2) is 0 Å². The average Bonchev–Trinajstić information content (AvgIpc) is 3.60. The number of hydrogen-bond donors (Lipinski definition) is 1. The van der Waals surface area contributed by atoms with Crippen LogP contribution in [0.25, 0.3) is 0 Å². The van der Waals surface area contributed by atoms with Gasteiger partial charge in [0.2, 0.25) is 11.8 Å². The maximum absolute atomic E-state index is 15.0. The Morgan fingerprint density at radius 2 is 1.79 bits per heavy atom. The van der Waals surface area contributed by atoms with Crippen molar-refractivity contribution >= 4 is 46.8 Å². The van der Waals surface area contributed by atoms with E-state index in [2.05, 4.69) is 20.1 Å². The molecule has 0 saturated carbocycles. The molecule has 7 atom stereocenters. The molecule has 2 aromatic carbocycles. The minimum atomic E-state index is -0.930. The number of nitrogens with zero attached hydrogens (tertiary/aromatic N) is 3. The molecule has 7 nitrogen and oxygen atoms in total. The summed E-state index contributed by atoms with van der Waals surface area (Å²) in [6, 6.07) is 14.8. The summed E-state index contributed by atoms with van der Waals surface area (Å²) in [5.41, 5.74) is 1.26. The summed E-state index contributed by atoms with van der Waals surface area (Å²) in [7, 11) is 0. The predicted octanol–water partition coefficient (Wildman–Crippen LogP) is 5.35. The summed E-state index contributed by atoms with van der Waals surface area (Å²) < 4.78 is -0.853. The van der Waals surface area contributed by atoms with Crippen LogP contribution in [0.1, 0.15) is 38.3 Å². The van der Waals surface area contributed by atoms with E-state index in [1.807, 2.05) is 43.3 Å². The molecule has 3 heterocycles. The third-order valence-corrected chi connectivity index (χ3v) is 11.7. The zero-order valence-corrected chi connectivity index (χ0v) is 26.3. The van der Waals surface area contributed by atoms with Gasteiger partial charge in [0, 0.05) is 24.9 Å². The van der Waals surface area contributed by atoms with E-state index in [4.69, 9.17) is 11.6 Å². The van der Waals surface area contributed by atoms with E-state index in [1.165, 1.54) is 0 Å². The minimum Gasteiger partial charge on any atom is -0.394 e. The lowest BCUT2D eigenvalue weighted by Gasteiger charge is -2.42. The number of aliphatic hydroxyl groups is 1. The first-order valence-corrected chi connectivity index (χ1v) is 16.2. The topological polar surface area (TPSA) is 81.2 Å². The summed E-state index contributed by atoms with van der Waals surface area (Å²) in [4.78, 5) is 49.0. The van der Waals surface area contributed by atoms with Gasteiger partial charge in [0.25, 0.3) is 5.91 Å². The van der Waals surface area contributed by atoms with Crippen LogP contribution in [0.15, 0.2) is 79.9 Å². The molecule has 9 heteroatoms. The number of aliphatic hydroxyl groups excluding tert-OH is 1. The van der Waals surface area contributed by atoms with Crippen molar-refractivity contribution in [2.75, 3.05) is 31.1 Å². The van der Waals surface area contributed by atoms with E-state index in [1.54, 1.807) is 56.8 Å². The molecule has 3 saturated heterocycles. The maximum atomic E-state index is 15.0. The Kier molecular flexibility index (Phi) is 9.40. The monoisotopic (exact) mass is 621 g/mol. The Morgan fingerprint density at radius 3 is 2.42 bits per heavy atom. The van der Waals surface area contributed by atoms with Gasteiger partial charge in [0.05, 0.1) is 39.9 Å². The van der Waals surface area contributed by atoms with Gasteiger partial charge in [-0.3, -0.25) is 14.4 Å². The number of halogens is 1. The number of benzene rings is 2. The van der Waals surface area contributed by atoms with Gasteiger partial charge < -0.3 is 19.8 Å². The number of para-hydroxylation sites is 1. The highest BCUT2D eigenvalue weighted by Gasteiger charge is 2.77. The molecule has 0 aromatic heterocycles. The lowest BCUT2D eigenvalue weighted by molar-refractivity contribution is -0.145. The SMILES string of the molecule is C=CCN(CCC)C(=O)[C@@H]1[C@@H]2CC(C)C3(S2)C(C(=O)N(CC=C)c2ccccc2Cl)N([C@H](CO)c2ccccc2)C(=O)[C@H]13. The fourth-order valence-electron chi connectivity index (χ4n) is 7.57. The van der Waals surface area contributed by atoms with Crippen LogP contribution >= 0.6 is 23.4 Å². The van der Waals surface area contributed by atoms with Crippen molar-refractivity contribution in [2.24, 2.45) is 17.8 Å². The Morgan fingerprint density at radius 1 is 1.12 bits per heavy atom. The van der Waals surface area contributed by atoms with Crippen LogP contribution in [0, 0.1) is 17.8 Å². The first-order valence-electron chi connectivity index (χ1n) is 15.0. The zero-order valence-electron chi connectivity index (χ0n) is 24.8. The molecular weight excluding hydrogens is 582 g/mol. The second-order valence-corrected chi connectivity index (χ2v) is 13.6. The average molecular weight is 622 g/mol. The Bertz CT molecular complexity index is 1390. The van der Waals surface area contributed by atoms with Crippen LogP contribution in [-0.4, -0.2) is 74.9 Å². The molecule has 3 unspecified atom stereocenters. The van der Waals surface area contributed by atoms with E-state index in [0.717, 1.165) is 18.4 Å². The Balaban J connectivity index is 1.68. The Hall–Kier alpha value is -3.07. The van der Waals surface area contributed by atoms with Crippen molar-refractivity contribution in [1.29, 1.82) is 0 Å².